The summed E-state index contributed by atoms with van der Waals surface area (Å²) >= 11 is 0. The number of rotatable bonds is 5. The molecule has 5 unspecified atom stereocenters. The van der Waals surface area contributed by atoms with Crippen molar-refractivity contribution in [3.8, 4) is 0 Å². The van der Waals surface area contributed by atoms with Crippen LogP contribution in [0.25, 0.3) is 0 Å². The van der Waals surface area contributed by atoms with E-state index in [9.17, 15) is 14.7 Å². The molecule has 1 aliphatic carbocycles. The number of carbonyl (C=O) groups is 2. The van der Waals surface area contributed by atoms with E-state index in [4.69, 9.17) is 15.2 Å². The van der Waals surface area contributed by atoms with Crippen LogP contribution in [-0.2, 0) is 14.3 Å². The lowest BCUT2D eigenvalue weighted by Gasteiger charge is -2.31. The van der Waals surface area contributed by atoms with Gasteiger partial charge in [0.2, 0.25) is 0 Å². The number of aliphatic hydroxyl groups is 1. The van der Waals surface area contributed by atoms with Gasteiger partial charge in [0.25, 0.3) is 0 Å². The van der Waals surface area contributed by atoms with Crippen molar-refractivity contribution in [1.29, 1.82) is 0 Å². The number of ether oxygens (including phenoxy) is 2. The van der Waals surface area contributed by atoms with Crippen molar-refractivity contribution in [2.75, 3.05) is 6.61 Å². The summed E-state index contributed by atoms with van der Waals surface area (Å²) in [5.41, 5.74) is 5.61. The van der Waals surface area contributed by atoms with Gasteiger partial charge in [-0.05, 0) is 40.0 Å². The molecule has 140 valence electrons. The van der Waals surface area contributed by atoms with E-state index >= 15 is 0 Å². The predicted molar refractivity (Wildman–Crippen MR) is 90.2 cm³/mol. The zero-order valence-corrected chi connectivity index (χ0v) is 15.5. The van der Waals surface area contributed by atoms with E-state index in [1.165, 1.54) is 0 Å². The van der Waals surface area contributed by atoms with Crippen molar-refractivity contribution in [3.63, 3.8) is 0 Å². The van der Waals surface area contributed by atoms with E-state index < -0.39 is 41.6 Å². The SMILES string of the molecule is CCOC(=O)C1CC(NC(=O)OC(C)(C)C)C(C(N)C(C)C)C1O. The number of esters is 1. The molecule has 0 aromatic heterocycles. The molecule has 5 atom stereocenters. The highest BCUT2D eigenvalue weighted by atomic mass is 16.6. The number of amides is 1. The Balaban J connectivity index is 2.92. The monoisotopic (exact) mass is 344 g/mol. The predicted octanol–water partition coefficient (Wildman–Crippen LogP) is 1.42. The van der Waals surface area contributed by atoms with Crippen LogP contribution in [0.15, 0.2) is 0 Å². The molecule has 4 N–H and O–H groups in total. The Kier molecular flexibility index (Phi) is 7.04. The van der Waals surface area contributed by atoms with E-state index in [1.54, 1.807) is 27.7 Å². The van der Waals surface area contributed by atoms with Gasteiger partial charge in [0.05, 0.1) is 18.6 Å². The van der Waals surface area contributed by atoms with Crippen LogP contribution in [0.5, 0.6) is 0 Å². The molecule has 24 heavy (non-hydrogen) atoms. The first kappa shape index (κ1) is 20.7. The lowest BCUT2D eigenvalue weighted by molar-refractivity contribution is -0.151. The largest absolute Gasteiger partial charge is 0.466 e. The maximum absolute atomic E-state index is 12.1. The van der Waals surface area contributed by atoms with Crippen LogP contribution in [0.4, 0.5) is 4.79 Å². The molecule has 7 heteroatoms. The summed E-state index contributed by atoms with van der Waals surface area (Å²) < 4.78 is 10.3. The van der Waals surface area contributed by atoms with Gasteiger partial charge in [-0.25, -0.2) is 4.79 Å². The molecule has 1 aliphatic rings. The van der Waals surface area contributed by atoms with E-state index in [0.717, 1.165) is 0 Å². The van der Waals surface area contributed by atoms with Gasteiger partial charge in [-0.3, -0.25) is 4.79 Å². The van der Waals surface area contributed by atoms with Gasteiger partial charge in [0.1, 0.15) is 5.60 Å². The fraction of sp³-hybridized carbons (Fsp3) is 0.882. The van der Waals surface area contributed by atoms with Gasteiger partial charge in [0, 0.05) is 18.0 Å². The minimum absolute atomic E-state index is 0.0912. The Labute approximate surface area is 144 Å². The van der Waals surface area contributed by atoms with Crippen molar-refractivity contribution in [2.24, 2.45) is 23.5 Å². The average Bonchev–Trinajstić information content (AvgIpc) is 2.72. The van der Waals surface area contributed by atoms with Crippen LogP contribution in [-0.4, -0.2) is 47.6 Å². The maximum Gasteiger partial charge on any atom is 0.407 e. The normalized spacial score (nSPS) is 28.5. The summed E-state index contributed by atoms with van der Waals surface area (Å²) in [5, 5.41) is 13.4. The molecule has 1 amide bonds. The second-order valence-corrected chi connectivity index (χ2v) is 7.74. The van der Waals surface area contributed by atoms with Gasteiger partial charge < -0.3 is 25.6 Å². The van der Waals surface area contributed by atoms with Crippen molar-refractivity contribution in [2.45, 2.75) is 71.8 Å². The highest BCUT2D eigenvalue weighted by molar-refractivity contribution is 5.74. The van der Waals surface area contributed by atoms with Gasteiger partial charge in [-0.15, -0.1) is 0 Å². The van der Waals surface area contributed by atoms with Crippen LogP contribution in [0, 0.1) is 17.8 Å². The fourth-order valence-corrected chi connectivity index (χ4v) is 3.12. The number of nitrogens with two attached hydrogens (primary N) is 1. The molecule has 1 rings (SSSR count). The Hall–Kier alpha value is -1.34. The van der Waals surface area contributed by atoms with E-state index in [2.05, 4.69) is 5.32 Å². The second-order valence-electron chi connectivity index (χ2n) is 7.74. The highest BCUT2D eigenvalue weighted by Gasteiger charge is 2.50. The van der Waals surface area contributed by atoms with E-state index in [-0.39, 0.29) is 25.0 Å². The molecule has 0 heterocycles. The number of alkyl carbamates (subject to hydrolysis) is 1. The van der Waals surface area contributed by atoms with Gasteiger partial charge in [-0.1, -0.05) is 13.8 Å². The van der Waals surface area contributed by atoms with Crippen molar-refractivity contribution < 1.29 is 24.2 Å². The Bertz CT molecular complexity index is 447. The number of hydrogen-bond donors (Lipinski definition) is 3. The summed E-state index contributed by atoms with van der Waals surface area (Å²) in [6, 6.07) is -0.805. The molecule has 0 bridgehead atoms. The summed E-state index contributed by atoms with van der Waals surface area (Å²) in [4.78, 5) is 24.2. The first-order chi connectivity index (χ1) is 11.0. The van der Waals surface area contributed by atoms with Crippen LogP contribution in [0.1, 0.15) is 48.0 Å². The van der Waals surface area contributed by atoms with Crippen molar-refractivity contribution in [1.82, 2.24) is 5.32 Å². The zero-order chi connectivity index (χ0) is 18.7. The van der Waals surface area contributed by atoms with Crippen LogP contribution in [0.2, 0.25) is 0 Å². The lowest BCUT2D eigenvalue weighted by atomic mass is 9.85. The molecule has 0 saturated heterocycles. The Morgan fingerprint density at radius 3 is 2.38 bits per heavy atom. The molecule has 0 aromatic carbocycles. The topological polar surface area (TPSA) is 111 Å². The molecule has 7 nitrogen and oxygen atoms in total. The summed E-state index contributed by atoms with van der Waals surface area (Å²) in [7, 11) is 0. The third-order valence-corrected chi connectivity index (χ3v) is 4.28. The number of nitrogens with one attached hydrogen (secondary N) is 1. The standard InChI is InChI=1S/C17H32N2O5/c1-7-23-15(21)10-8-11(19-16(22)24-17(4,5)6)12(14(10)20)13(18)9(2)3/h9-14,20H,7-8,18H2,1-6H3,(H,19,22). The molecule has 1 saturated carbocycles. The molecule has 0 aromatic rings. The van der Waals surface area contributed by atoms with Crippen LogP contribution >= 0.6 is 0 Å². The minimum Gasteiger partial charge on any atom is -0.466 e. The van der Waals surface area contributed by atoms with Gasteiger partial charge in [0.15, 0.2) is 0 Å². The smallest absolute Gasteiger partial charge is 0.407 e. The van der Waals surface area contributed by atoms with Crippen molar-refractivity contribution >= 4 is 12.1 Å². The highest BCUT2D eigenvalue weighted by Crippen LogP contribution is 2.36. The molecular weight excluding hydrogens is 312 g/mol. The van der Waals surface area contributed by atoms with E-state index in [1.807, 2.05) is 13.8 Å². The average molecular weight is 344 g/mol. The minimum atomic E-state index is -0.957. The van der Waals surface area contributed by atoms with Crippen molar-refractivity contribution in [3.05, 3.63) is 0 Å². The summed E-state index contributed by atoms with van der Waals surface area (Å²) in [5.74, 6) is -1.50. The Morgan fingerprint density at radius 1 is 1.33 bits per heavy atom. The molecule has 1 fully saturated rings. The third-order valence-electron chi connectivity index (χ3n) is 4.28. The molecule has 0 aliphatic heterocycles. The first-order valence-electron chi connectivity index (χ1n) is 8.57. The summed E-state index contributed by atoms with van der Waals surface area (Å²) in [6.45, 7) is 11.2. The summed E-state index contributed by atoms with van der Waals surface area (Å²) in [6.07, 6.45) is -1.25. The first-order valence-corrected chi connectivity index (χ1v) is 8.57. The number of aliphatic hydroxyl groups excluding tert-OH is 1. The van der Waals surface area contributed by atoms with Gasteiger partial charge >= 0.3 is 12.1 Å². The van der Waals surface area contributed by atoms with Crippen LogP contribution < -0.4 is 11.1 Å². The quantitative estimate of drug-likeness (QED) is 0.651. The second kappa shape index (κ2) is 8.16. The van der Waals surface area contributed by atoms with Gasteiger partial charge in [-0.2, -0.15) is 0 Å². The van der Waals surface area contributed by atoms with Crippen LogP contribution in [0.3, 0.4) is 0 Å². The zero-order valence-electron chi connectivity index (χ0n) is 15.5. The molecule has 0 radical (unpaired) electrons. The fourth-order valence-electron chi connectivity index (χ4n) is 3.12. The molecular formula is C17H32N2O5. The third kappa shape index (κ3) is 5.34. The number of carbonyl (C=O) groups excluding carboxylic acids is 2. The van der Waals surface area contributed by atoms with E-state index in [0.29, 0.717) is 0 Å². The maximum atomic E-state index is 12.1. The Morgan fingerprint density at radius 2 is 1.92 bits per heavy atom. The number of hydrogen-bond acceptors (Lipinski definition) is 6. The lowest BCUT2D eigenvalue weighted by Crippen LogP contribution is -2.51. The molecule has 0 spiro atoms.